The van der Waals surface area contributed by atoms with Crippen LogP contribution in [0.25, 0.3) is 11.3 Å². The fourth-order valence-electron chi connectivity index (χ4n) is 4.23. The second kappa shape index (κ2) is 9.77. The van der Waals surface area contributed by atoms with E-state index in [0.29, 0.717) is 5.69 Å². The number of carbonyl (C=O) groups excluding carboxylic acids is 2. The smallest absolute Gasteiger partial charge is 0.326 e. The third kappa shape index (κ3) is 4.72. The standard InChI is InChI=1S/C25H27N3O4.H2/c1-2-22(29)27-24-25(31)28(20(15-26-24)18-10-4-3-5-11-18)16-23(30)32-21-14-8-12-17-9-6-7-13-19(17)21;/h3-5,7,10-11,13,15,21H,2,6,8-9,12,14,16H2,1H3,(H,26,27,29);1H. The van der Waals surface area contributed by atoms with Gasteiger partial charge in [0.15, 0.2) is 5.82 Å². The number of aromatic nitrogens is 2. The second-order valence-corrected chi connectivity index (χ2v) is 8.02. The summed E-state index contributed by atoms with van der Waals surface area (Å²) in [5.74, 6) is -0.898. The van der Waals surface area contributed by atoms with Crippen molar-refractivity contribution in [3.05, 3.63) is 70.2 Å². The van der Waals surface area contributed by atoms with Crippen molar-refractivity contribution >= 4 is 17.7 Å². The highest BCUT2D eigenvalue weighted by Gasteiger charge is 2.26. The molecule has 1 aromatic heterocycles. The van der Waals surface area contributed by atoms with Crippen LogP contribution in [0.3, 0.4) is 0 Å². The second-order valence-electron chi connectivity index (χ2n) is 8.02. The Morgan fingerprint density at radius 2 is 2.06 bits per heavy atom. The molecule has 1 aromatic carbocycles. The van der Waals surface area contributed by atoms with Gasteiger partial charge in [0.1, 0.15) is 12.6 Å². The van der Waals surface area contributed by atoms with Crippen LogP contribution in [0.4, 0.5) is 5.82 Å². The monoisotopic (exact) mass is 435 g/mol. The predicted molar refractivity (Wildman–Crippen MR) is 124 cm³/mol. The maximum Gasteiger partial charge on any atom is 0.326 e. The number of amides is 1. The Balaban J connectivity index is 0.00000306. The molecular formula is C25H29N3O4. The van der Waals surface area contributed by atoms with E-state index in [1.54, 1.807) is 6.92 Å². The fraction of sp³-hybridized carbons (Fsp3) is 0.360. The largest absolute Gasteiger partial charge is 0.456 e. The van der Waals surface area contributed by atoms with Crippen LogP contribution in [-0.4, -0.2) is 27.5 Å². The van der Waals surface area contributed by atoms with Crippen molar-refractivity contribution in [3.8, 4) is 11.3 Å². The third-order valence-electron chi connectivity index (χ3n) is 5.87. The highest BCUT2D eigenvalue weighted by atomic mass is 16.5. The molecule has 2 aromatic rings. The van der Waals surface area contributed by atoms with Gasteiger partial charge in [0, 0.05) is 7.85 Å². The van der Waals surface area contributed by atoms with Crippen molar-refractivity contribution < 1.29 is 15.8 Å². The summed E-state index contributed by atoms with van der Waals surface area (Å²) in [7, 11) is 0. The Morgan fingerprint density at radius 3 is 2.84 bits per heavy atom. The zero-order valence-electron chi connectivity index (χ0n) is 18.2. The molecule has 7 nitrogen and oxygen atoms in total. The van der Waals surface area contributed by atoms with Gasteiger partial charge in [-0.15, -0.1) is 0 Å². The first-order valence-corrected chi connectivity index (χ1v) is 11.1. The molecule has 2 aliphatic rings. The van der Waals surface area contributed by atoms with Gasteiger partial charge in [0.25, 0.3) is 5.56 Å². The Morgan fingerprint density at radius 1 is 1.25 bits per heavy atom. The number of hydrogen-bond donors (Lipinski definition) is 1. The van der Waals surface area contributed by atoms with Crippen LogP contribution in [0.5, 0.6) is 0 Å². The minimum Gasteiger partial charge on any atom is -0.456 e. The average Bonchev–Trinajstić information content (AvgIpc) is 2.82. The van der Waals surface area contributed by atoms with Crippen molar-refractivity contribution in [3.63, 3.8) is 0 Å². The van der Waals surface area contributed by atoms with Gasteiger partial charge in [-0.05, 0) is 43.2 Å². The number of ether oxygens (including phenoxy) is 1. The summed E-state index contributed by atoms with van der Waals surface area (Å²) >= 11 is 0. The van der Waals surface area contributed by atoms with Crippen LogP contribution in [-0.2, 0) is 20.9 Å². The van der Waals surface area contributed by atoms with Gasteiger partial charge >= 0.3 is 5.97 Å². The average molecular weight is 436 g/mol. The van der Waals surface area contributed by atoms with Gasteiger partial charge in [-0.1, -0.05) is 55.0 Å². The number of esters is 1. The first-order valence-electron chi connectivity index (χ1n) is 11.1. The molecule has 32 heavy (non-hydrogen) atoms. The molecule has 4 rings (SSSR count). The summed E-state index contributed by atoms with van der Waals surface area (Å²) in [5.41, 5.74) is 3.18. The van der Waals surface area contributed by atoms with Gasteiger partial charge in [-0.2, -0.15) is 0 Å². The fourth-order valence-corrected chi connectivity index (χ4v) is 4.23. The van der Waals surface area contributed by atoms with E-state index < -0.39 is 11.5 Å². The molecule has 0 saturated carbocycles. The van der Waals surface area contributed by atoms with Gasteiger partial charge < -0.3 is 10.1 Å². The van der Waals surface area contributed by atoms with Gasteiger partial charge in [0.2, 0.25) is 5.91 Å². The molecular weight excluding hydrogens is 406 g/mol. The molecule has 0 bridgehead atoms. The first kappa shape index (κ1) is 21.7. The van der Waals surface area contributed by atoms with Gasteiger partial charge in [0.05, 0.1) is 11.9 Å². The maximum absolute atomic E-state index is 13.1. The number of allylic oxidation sites excluding steroid dienone is 2. The molecule has 7 heteroatoms. The Labute approximate surface area is 188 Å². The van der Waals surface area contributed by atoms with E-state index in [1.165, 1.54) is 16.3 Å². The summed E-state index contributed by atoms with van der Waals surface area (Å²) in [6.07, 6.45) is 10.5. The molecule has 0 radical (unpaired) electrons. The van der Waals surface area contributed by atoms with Crippen molar-refractivity contribution in [2.24, 2.45) is 0 Å². The van der Waals surface area contributed by atoms with Crippen LogP contribution in [0.1, 0.15) is 46.9 Å². The van der Waals surface area contributed by atoms with Crippen LogP contribution in [0, 0.1) is 0 Å². The molecule has 0 saturated heterocycles. The molecule has 1 N–H and O–H groups in total. The lowest BCUT2D eigenvalue weighted by Gasteiger charge is -2.29. The van der Waals surface area contributed by atoms with E-state index in [9.17, 15) is 14.4 Å². The Bertz CT molecular complexity index is 1140. The number of anilines is 1. The molecule has 2 aliphatic carbocycles. The summed E-state index contributed by atoms with van der Waals surface area (Å²) in [6.45, 7) is 1.43. The highest BCUT2D eigenvalue weighted by Crippen LogP contribution is 2.33. The number of nitrogens with one attached hydrogen (secondary N) is 1. The molecule has 0 fully saturated rings. The molecule has 0 spiro atoms. The van der Waals surface area contributed by atoms with E-state index in [0.717, 1.165) is 43.2 Å². The molecule has 1 atom stereocenters. The Hall–Kier alpha value is -3.48. The summed E-state index contributed by atoms with van der Waals surface area (Å²) in [5, 5.41) is 2.52. The third-order valence-corrected chi connectivity index (χ3v) is 5.87. The van der Waals surface area contributed by atoms with Crippen molar-refractivity contribution in [2.75, 3.05) is 5.32 Å². The number of rotatable bonds is 6. The van der Waals surface area contributed by atoms with E-state index in [-0.39, 0.29) is 32.2 Å². The van der Waals surface area contributed by atoms with Crippen molar-refractivity contribution in [2.45, 2.75) is 58.1 Å². The molecule has 0 aliphatic heterocycles. The normalized spacial score (nSPS) is 17.6. The lowest BCUT2D eigenvalue weighted by molar-refractivity contribution is -0.148. The van der Waals surface area contributed by atoms with E-state index in [2.05, 4.69) is 22.5 Å². The predicted octanol–water partition coefficient (Wildman–Crippen LogP) is 4.25. The molecule has 1 heterocycles. The minimum atomic E-state index is -0.536. The maximum atomic E-state index is 13.1. The Kier molecular flexibility index (Phi) is 6.63. The summed E-state index contributed by atoms with van der Waals surface area (Å²) in [6, 6.07) is 9.25. The SMILES string of the molecule is CCC(=O)Nc1ncc(-c2ccccc2)n(CC(=O)OC2CCCC3=C2C=CCC3)c1=O.[HH]. The number of carbonyl (C=O) groups is 2. The molecule has 1 amide bonds. The van der Waals surface area contributed by atoms with E-state index >= 15 is 0 Å². The van der Waals surface area contributed by atoms with Crippen LogP contribution in [0.15, 0.2) is 64.6 Å². The first-order chi connectivity index (χ1) is 15.6. The van der Waals surface area contributed by atoms with Crippen molar-refractivity contribution in [1.29, 1.82) is 0 Å². The lowest BCUT2D eigenvalue weighted by Crippen LogP contribution is -2.33. The van der Waals surface area contributed by atoms with Crippen molar-refractivity contribution in [1.82, 2.24) is 9.55 Å². The van der Waals surface area contributed by atoms with Crippen LogP contribution in [0.2, 0.25) is 0 Å². The van der Waals surface area contributed by atoms with Gasteiger partial charge in [-0.25, -0.2) is 4.98 Å². The molecule has 168 valence electrons. The topological polar surface area (TPSA) is 90.3 Å². The zero-order valence-corrected chi connectivity index (χ0v) is 18.2. The number of hydrogen-bond acceptors (Lipinski definition) is 5. The summed E-state index contributed by atoms with van der Waals surface area (Å²) in [4.78, 5) is 42.0. The number of benzene rings is 1. The number of nitrogens with zero attached hydrogens (tertiary/aromatic N) is 2. The summed E-state index contributed by atoms with van der Waals surface area (Å²) < 4.78 is 7.16. The van der Waals surface area contributed by atoms with Crippen LogP contribution >= 0.6 is 0 Å². The lowest BCUT2D eigenvalue weighted by atomic mass is 9.84. The van der Waals surface area contributed by atoms with Gasteiger partial charge in [-0.3, -0.25) is 19.0 Å². The molecule has 1 unspecified atom stereocenters. The highest BCUT2D eigenvalue weighted by molar-refractivity contribution is 5.89. The van der Waals surface area contributed by atoms with E-state index in [4.69, 9.17) is 4.74 Å². The quantitative estimate of drug-likeness (QED) is 0.685. The zero-order chi connectivity index (χ0) is 22.5. The van der Waals surface area contributed by atoms with E-state index in [1.807, 2.05) is 30.3 Å². The van der Waals surface area contributed by atoms with Crippen LogP contribution < -0.4 is 10.9 Å². The minimum absolute atomic E-state index is 0.